The van der Waals surface area contributed by atoms with Gasteiger partial charge < -0.3 is 24.1 Å². The highest BCUT2D eigenvalue weighted by Gasteiger charge is 2.37. The number of rotatable bonds is 5. The van der Waals surface area contributed by atoms with E-state index in [-0.39, 0.29) is 11.5 Å². The number of β-amino-alcohol motifs (C(OH)–C–C–N with tert-alkyl or cyclic N) is 1. The molecule has 0 bridgehead atoms. The van der Waals surface area contributed by atoms with Crippen LogP contribution in [0.3, 0.4) is 0 Å². The Morgan fingerprint density at radius 2 is 1.84 bits per heavy atom. The highest BCUT2D eigenvalue weighted by molar-refractivity contribution is 5.83. The predicted octanol–water partition coefficient (Wildman–Crippen LogP) is 2.63. The summed E-state index contributed by atoms with van der Waals surface area (Å²) in [4.78, 5) is 29.0. The highest BCUT2D eigenvalue weighted by Crippen LogP contribution is 2.27. The fourth-order valence-electron chi connectivity index (χ4n) is 4.67. The summed E-state index contributed by atoms with van der Waals surface area (Å²) in [7, 11) is 0. The molecule has 2 saturated heterocycles. The Labute approximate surface area is 182 Å². The summed E-state index contributed by atoms with van der Waals surface area (Å²) >= 11 is 0. The molecule has 2 aliphatic rings. The van der Waals surface area contributed by atoms with E-state index >= 15 is 0 Å². The molecular weight excluding hydrogens is 396 g/mol. The van der Waals surface area contributed by atoms with Crippen molar-refractivity contribution in [2.24, 2.45) is 0 Å². The first-order valence-electron chi connectivity index (χ1n) is 11.2. The molecule has 3 heterocycles. The van der Waals surface area contributed by atoms with Crippen LogP contribution in [0, 0.1) is 13.8 Å². The molecule has 0 saturated carbocycles. The molecule has 0 spiro atoms. The molecule has 0 radical (unpaired) electrons. The van der Waals surface area contributed by atoms with E-state index < -0.39 is 11.7 Å². The van der Waals surface area contributed by atoms with Crippen molar-refractivity contribution in [1.82, 2.24) is 9.80 Å². The first-order valence-corrected chi connectivity index (χ1v) is 11.2. The van der Waals surface area contributed by atoms with Crippen molar-refractivity contribution in [2.75, 3.05) is 32.7 Å². The standard InChI is InChI=1S/C24H32N2O5/c1-16-17(2)23(28)31-21-14-19(6-7-20(16)21)30-18(3)22(27)26-12-8-24(29,9-13-26)15-25-10-4-5-11-25/h6-7,14,18,29H,4-5,8-13,15H2,1-3H3. The monoisotopic (exact) mass is 428 g/mol. The van der Waals surface area contributed by atoms with Crippen LogP contribution in [0.2, 0.25) is 0 Å². The van der Waals surface area contributed by atoms with Crippen LogP contribution < -0.4 is 10.4 Å². The fourth-order valence-corrected chi connectivity index (χ4v) is 4.67. The molecule has 1 atom stereocenters. The summed E-state index contributed by atoms with van der Waals surface area (Å²) < 4.78 is 11.3. The van der Waals surface area contributed by atoms with Gasteiger partial charge in [-0.2, -0.15) is 0 Å². The Hall–Kier alpha value is -2.38. The molecule has 0 aliphatic carbocycles. The van der Waals surface area contributed by atoms with Crippen molar-refractivity contribution < 1.29 is 19.1 Å². The number of aliphatic hydroxyl groups is 1. The number of piperidine rings is 1. The third kappa shape index (κ3) is 4.62. The number of aryl methyl sites for hydroxylation is 1. The first-order chi connectivity index (χ1) is 14.8. The number of likely N-dealkylation sites (tertiary alicyclic amines) is 2. The lowest BCUT2D eigenvalue weighted by Crippen LogP contribution is -2.53. The van der Waals surface area contributed by atoms with E-state index in [0.29, 0.717) is 49.4 Å². The van der Waals surface area contributed by atoms with Gasteiger partial charge in [0.2, 0.25) is 0 Å². The van der Waals surface area contributed by atoms with E-state index in [9.17, 15) is 14.7 Å². The Morgan fingerprint density at radius 3 is 2.52 bits per heavy atom. The van der Waals surface area contributed by atoms with Crippen LogP contribution in [0.1, 0.15) is 43.7 Å². The molecule has 1 aromatic heterocycles. The maximum absolute atomic E-state index is 12.9. The molecule has 2 aromatic rings. The fraction of sp³-hybridized carbons (Fsp3) is 0.583. The number of fused-ring (bicyclic) bond motifs is 1. The van der Waals surface area contributed by atoms with Crippen LogP contribution in [-0.4, -0.2) is 65.2 Å². The lowest BCUT2D eigenvalue weighted by Gasteiger charge is -2.40. The van der Waals surface area contributed by atoms with Crippen LogP contribution >= 0.6 is 0 Å². The third-order valence-corrected chi connectivity index (χ3v) is 6.81. The number of nitrogens with zero attached hydrogens (tertiary/aromatic N) is 2. The molecule has 168 valence electrons. The predicted molar refractivity (Wildman–Crippen MR) is 118 cm³/mol. The molecule has 7 nitrogen and oxygen atoms in total. The summed E-state index contributed by atoms with van der Waals surface area (Å²) in [6, 6.07) is 5.31. The van der Waals surface area contributed by atoms with Crippen molar-refractivity contribution in [2.45, 2.75) is 58.2 Å². The van der Waals surface area contributed by atoms with Crippen LogP contribution in [0.5, 0.6) is 5.75 Å². The average Bonchev–Trinajstić information content (AvgIpc) is 3.24. The van der Waals surface area contributed by atoms with E-state index in [1.807, 2.05) is 13.0 Å². The lowest BCUT2D eigenvalue weighted by atomic mass is 9.90. The normalized spacial score (nSPS) is 20.2. The first kappa shape index (κ1) is 21.8. The van der Waals surface area contributed by atoms with Gasteiger partial charge in [0.05, 0.1) is 5.60 Å². The minimum atomic E-state index is -0.711. The van der Waals surface area contributed by atoms with Gasteiger partial charge in [-0.05, 0) is 77.2 Å². The molecule has 1 aromatic carbocycles. The second-order valence-electron chi connectivity index (χ2n) is 9.09. The molecular formula is C24H32N2O5. The number of hydrogen-bond acceptors (Lipinski definition) is 6. The summed E-state index contributed by atoms with van der Waals surface area (Å²) in [5, 5.41) is 11.8. The molecule has 2 aliphatic heterocycles. The molecule has 7 heteroatoms. The summed E-state index contributed by atoms with van der Waals surface area (Å²) in [5.74, 6) is 0.396. The van der Waals surface area contributed by atoms with Gasteiger partial charge in [0.1, 0.15) is 11.3 Å². The maximum atomic E-state index is 12.9. The number of carbonyl (C=O) groups is 1. The minimum Gasteiger partial charge on any atom is -0.481 e. The highest BCUT2D eigenvalue weighted by atomic mass is 16.5. The third-order valence-electron chi connectivity index (χ3n) is 6.81. The summed E-state index contributed by atoms with van der Waals surface area (Å²) in [6.45, 7) is 9.24. The molecule has 1 unspecified atom stereocenters. The molecule has 1 amide bonds. The second kappa shape index (κ2) is 8.63. The smallest absolute Gasteiger partial charge is 0.339 e. The van der Waals surface area contributed by atoms with Gasteiger partial charge in [-0.25, -0.2) is 4.79 Å². The van der Waals surface area contributed by atoms with Gasteiger partial charge in [0.25, 0.3) is 5.91 Å². The summed E-state index contributed by atoms with van der Waals surface area (Å²) in [6.07, 6.45) is 2.91. The van der Waals surface area contributed by atoms with E-state index in [1.54, 1.807) is 30.9 Å². The molecule has 31 heavy (non-hydrogen) atoms. The van der Waals surface area contributed by atoms with Crippen LogP contribution in [0.4, 0.5) is 0 Å². The van der Waals surface area contributed by atoms with Crippen molar-refractivity contribution >= 4 is 16.9 Å². The van der Waals surface area contributed by atoms with Crippen LogP contribution in [0.25, 0.3) is 11.0 Å². The Bertz CT molecular complexity index is 1020. The van der Waals surface area contributed by atoms with Crippen LogP contribution in [0.15, 0.2) is 27.4 Å². The van der Waals surface area contributed by atoms with Gasteiger partial charge in [0, 0.05) is 36.7 Å². The van der Waals surface area contributed by atoms with E-state index in [4.69, 9.17) is 9.15 Å². The zero-order valence-corrected chi connectivity index (χ0v) is 18.6. The maximum Gasteiger partial charge on any atom is 0.339 e. The molecule has 1 N–H and O–H groups in total. The van der Waals surface area contributed by atoms with Crippen molar-refractivity contribution in [3.05, 3.63) is 39.7 Å². The average molecular weight is 429 g/mol. The van der Waals surface area contributed by atoms with E-state index in [1.165, 1.54) is 12.8 Å². The zero-order chi connectivity index (χ0) is 22.2. The van der Waals surface area contributed by atoms with Crippen molar-refractivity contribution in [1.29, 1.82) is 0 Å². The SMILES string of the molecule is Cc1c(C)c2ccc(OC(C)C(=O)N3CCC(O)(CN4CCCC4)CC3)cc2oc1=O. The van der Waals surface area contributed by atoms with E-state index in [0.717, 1.165) is 24.0 Å². The number of hydrogen-bond donors (Lipinski definition) is 1. The van der Waals surface area contributed by atoms with Crippen molar-refractivity contribution in [3.8, 4) is 5.75 Å². The lowest BCUT2D eigenvalue weighted by molar-refractivity contribution is -0.142. The topological polar surface area (TPSA) is 83.2 Å². The second-order valence-corrected chi connectivity index (χ2v) is 9.09. The van der Waals surface area contributed by atoms with E-state index in [2.05, 4.69) is 4.90 Å². The number of ether oxygens (including phenoxy) is 1. The van der Waals surface area contributed by atoms with Gasteiger partial charge in [-0.1, -0.05) is 0 Å². The number of amides is 1. The Morgan fingerprint density at radius 1 is 1.16 bits per heavy atom. The zero-order valence-electron chi connectivity index (χ0n) is 18.6. The van der Waals surface area contributed by atoms with Gasteiger partial charge in [-0.3, -0.25) is 4.79 Å². The largest absolute Gasteiger partial charge is 0.481 e. The number of carbonyl (C=O) groups excluding carboxylic acids is 1. The Kier molecular flexibility index (Phi) is 6.08. The molecule has 2 fully saturated rings. The molecule has 4 rings (SSSR count). The minimum absolute atomic E-state index is 0.0927. The van der Waals surface area contributed by atoms with Crippen molar-refractivity contribution in [3.63, 3.8) is 0 Å². The van der Waals surface area contributed by atoms with Crippen LogP contribution in [-0.2, 0) is 4.79 Å². The number of benzene rings is 1. The summed E-state index contributed by atoms with van der Waals surface area (Å²) in [5.41, 5.74) is 0.865. The Balaban J connectivity index is 1.37. The quantitative estimate of drug-likeness (QED) is 0.737. The van der Waals surface area contributed by atoms with Gasteiger partial charge >= 0.3 is 5.63 Å². The van der Waals surface area contributed by atoms with Gasteiger partial charge in [0.15, 0.2) is 6.10 Å². The van der Waals surface area contributed by atoms with Gasteiger partial charge in [-0.15, -0.1) is 0 Å².